The minimum Gasteiger partial charge on any atom is -0.456 e. The Bertz CT molecular complexity index is 877. The van der Waals surface area contributed by atoms with Crippen LogP contribution in [0.15, 0.2) is 59.0 Å². The summed E-state index contributed by atoms with van der Waals surface area (Å²) in [6, 6.07) is 17.9. The number of hydrogen-bond acceptors (Lipinski definition) is 2. The zero-order valence-corrected chi connectivity index (χ0v) is 12.2. The predicted molar refractivity (Wildman–Crippen MR) is 86.1 cm³/mol. The summed E-state index contributed by atoms with van der Waals surface area (Å²) in [4.78, 5) is 12.1. The van der Waals surface area contributed by atoms with Crippen molar-refractivity contribution in [2.45, 2.75) is 13.3 Å². The molecule has 0 fully saturated rings. The fraction of sp³-hybridized carbons (Fsp3) is 0.105. The van der Waals surface area contributed by atoms with Gasteiger partial charge < -0.3 is 9.73 Å². The van der Waals surface area contributed by atoms with Crippen molar-refractivity contribution in [3.8, 4) is 11.1 Å². The summed E-state index contributed by atoms with van der Waals surface area (Å²) < 4.78 is 5.35. The van der Waals surface area contributed by atoms with Crippen LogP contribution in [0.4, 0.5) is 5.69 Å². The molecule has 3 heteroatoms. The van der Waals surface area contributed by atoms with Gasteiger partial charge >= 0.3 is 0 Å². The summed E-state index contributed by atoms with van der Waals surface area (Å²) in [5.41, 5.74) is 5.92. The number of anilines is 1. The van der Waals surface area contributed by atoms with Crippen molar-refractivity contribution in [1.82, 2.24) is 0 Å². The SMILES string of the molecule is Cc1ccc(C(=O)Nc2ccc3c(c2)Cc2ccccc2-3)o1. The summed E-state index contributed by atoms with van der Waals surface area (Å²) in [7, 11) is 0. The second kappa shape index (κ2) is 4.88. The molecule has 0 unspecified atom stereocenters. The van der Waals surface area contributed by atoms with Crippen molar-refractivity contribution < 1.29 is 9.21 Å². The number of hydrogen-bond donors (Lipinski definition) is 1. The van der Waals surface area contributed by atoms with E-state index in [1.165, 1.54) is 22.3 Å². The standard InChI is InChI=1S/C19H15NO2/c1-12-6-9-18(22-12)19(21)20-15-7-8-17-14(11-15)10-13-4-2-3-5-16(13)17/h2-9,11H,10H2,1H3,(H,20,21). The Morgan fingerprint density at radius 2 is 1.82 bits per heavy atom. The Labute approximate surface area is 128 Å². The molecule has 1 heterocycles. The van der Waals surface area contributed by atoms with Gasteiger partial charge in [-0.25, -0.2) is 0 Å². The highest BCUT2D eigenvalue weighted by Gasteiger charge is 2.18. The Balaban J connectivity index is 1.61. The average molecular weight is 289 g/mol. The first-order chi connectivity index (χ1) is 10.7. The Kier molecular flexibility index (Phi) is 2.86. The van der Waals surface area contributed by atoms with Crippen LogP contribution in [0.3, 0.4) is 0 Å². The maximum atomic E-state index is 12.1. The molecule has 108 valence electrons. The number of amides is 1. The monoisotopic (exact) mass is 289 g/mol. The van der Waals surface area contributed by atoms with E-state index in [9.17, 15) is 4.79 Å². The van der Waals surface area contributed by atoms with Gasteiger partial charge in [0.25, 0.3) is 5.91 Å². The first kappa shape index (κ1) is 12.9. The van der Waals surface area contributed by atoms with Gasteiger partial charge in [0.05, 0.1) is 0 Å². The molecule has 0 aliphatic heterocycles. The van der Waals surface area contributed by atoms with Gasteiger partial charge in [0, 0.05) is 5.69 Å². The maximum Gasteiger partial charge on any atom is 0.291 e. The van der Waals surface area contributed by atoms with E-state index in [2.05, 4.69) is 35.6 Å². The van der Waals surface area contributed by atoms with Gasteiger partial charge in [0.2, 0.25) is 0 Å². The third kappa shape index (κ3) is 2.11. The largest absolute Gasteiger partial charge is 0.456 e. The molecule has 0 radical (unpaired) electrons. The van der Waals surface area contributed by atoms with Crippen LogP contribution < -0.4 is 5.32 Å². The molecule has 2 aromatic carbocycles. The van der Waals surface area contributed by atoms with Gasteiger partial charge in [0.15, 0.2) is 5.76 Å². The topological polar surface area (TPSA) is 42.2 Å². The lowest BCUT2D eigenvalue weighted by Crippen LogP contribution is -2.10. The smallest absolute Gasteiger partial charge is 0.291 e. The third-order valence-corrected chi connectivity index (χ3v) is 4.02. The summed E-state index contributed by atoms with van der Waals surface area (Å²) in [5.74, 6) is 0.847. The van der Waals surface area contributed by atoms with E-state index in [1.54, 1.807) is 12.1 Å². The molecule has 22 heavy (non-hydrogen) atoms. The summed E-state index contributed by atoms with van der Waals surface area (Å²) in [6.07, 6.45) is 0.912. The van der Waals surface area contributed by atoms with E-state index in [-0.39, 0.29) is 5.91 Å². The first-order valence-corrected chi connectivity index (χ1v) is 7.30. The molecule has 3 aromatic rings. The summed E-state index contributed by atoms with van der Waals surface area (Å²) >= 11 is 0. The Morgan fingerprint density at radius 1 is 1.00 bits per heavy atom. The van der Waals surface area contributed by atoms with Crippen molar-refractivity contribution >= 4 is 11.6 Å². The molecular weight excluding hydrogens is 274 g/mol. The fourth-order valence-electron chi connectivity index (χ4n) is 2.97. The number of fused-ring (bicyclic) bond motifs is 3. The molecule has 0 spiro atoms. The molecule has 0 bridgehead atoms. The van der Waals surface area contributed by atoms with Crippen LogP contribution in [-0.4, -0.2) is 5.91 Å². The number of benzene rings is 2. The average Bonchev–Trinajstić information content (AvgIpc) is 3.10. The molecule has 3 nitrogen and oxygen atoms in total. The van der Waals surface area contributed by atoms with Crippen LogP contribution in [0.5, 0.6) is 0 Å². The number of aryl methyl sites for hydroxylation is 1. The number of furan rings is 1. The predicted octanol–water partition coefficient (Wildman–Crippen LogP) is 4.41. The molecule has 1 N–H and O–H groups in total. The highest BCUT2D eigenvalue weighted by Crippen LogP contribution is 2.37. The molecule has 1 aliphatic rings. The van der Waals surface area contributed by atoms with Crippen molar-refractivity contribution in [2.75, 3.05) is 5.32 Å². The van der Waals surface area contributed by atoms with Crippen LogP contribution >= 0.6 is 0 Å². The van der Waals surface area contributed by atoms with Crippen LogP contribution in [0.25, 0.3) is 11.1 Å². The zero-order chi connectivity index (χ0) is 15.1. The Morgan fingerprint density at radius 3 is 2.64 bits per heavy atom. The van der Waals surface area contributed by atoms with Gasteiger partial charge in [-0.15, -0.1) is 0 Å². The first-order valence-electron chi connectivity index (χ1n) is 7.30. The van der Waals surface area contributed by atoms with Crippen molar-refractivity contribution in [3.05, 3.63) is 77.2 Å². The molecular formula is C19H15NO2. The lowest BCUT2D eigenvalue weighted by Gasteiger charge is -2.06. The lowest BCUT2D eigenvalue weighted by molar-refractivity contribution is 0.0995. The van der Waals surface area contributed by atoms with Crippen LogP contribution in [-0.2, 0) is 6.42 Å². The zero-order valence-electron chi connectivity index (χ0n) is 12.2. The minimum atomic E-state index is -0.219. The molecule has 0 atom stereocenters. The van der Waals surface area contributed by atoms with Crippen molar-refractivity contribution in [1.29, 1.82) is 0 Å². The van der Waals surface area contributed by atoms with Crippen LogP contribution in [0.1, 0.15) is 27.4 Å². The van der Waals surface area contributed by atoms with Crippen molar-refractivity contribution in [2.24, 2.45) is 0 Å². The van der Waals surface area contributed by atoms with Crippen LogP contribution in [0.2, 0.25) is 0 Å². The number of rotatable bonds is 2. The molecule has 1 amide bonds. The number of carbonyl (C=O) groups is 1. The summed E-state index contributed by atoms with van der Waals surface area (Å²) in [6.45, 7) is 1.82. The highest BCUT2D eigenvalue weighted by molar-refractivity contribution is 6.02. The van der Waals surface area contributed by atoms with Crippen molar-refractivity contribution in [3.63, 3.8) is 0 Å². The van der Waals surface area contributed by atoms with Crippen LogP contribution in [0, 0.1) is 6.92 Å². The van der Waals surface area contributed by atoms with Gasteiger partial charge in [-0.05, 0) is 59.9 Å². The molecule has 4 rings (SSSR count). The Hall–Kier alpha value is -2.81. The second-order valence-corrected chi connectivity index (χ2v) is 5.57. The lowest BCUT2D eigenvalue weighted by atomic mass is 10.1. The third-order valence-electron chi connectivity index (χ3n) is 4.02. The maximum absolute atomic E-state index is 12.1. The second-order valence-electron chi connectivity index (χ2n) is 5.57. The molecule has 0 saturated heterocycles. The number of nitrogens with one attached hydrogen (secondary N) is 1. The number of carbonyl (C=O) groups excluding carboxylic acids is 1. The van der Waals surface area contributed by atoms with Gasteiger partial charge in [-0.2, -0.15) is 0 Å². The van der Waals surface area contributed by atoms with E-state index in [1.807, 2.05) is 19.1 Å². The fourth-order valence-corrected chi connectivity index (χ4v) is 2.97. The van der Waals surface area contributed by atoms with E-state index in [4.69, 9.17) is 4.42 Å². The van der Waals surface area contributed by atoms with Gasteiger partial charge in [0.1, 0.15) is 5.76 Å². The van der Waals surface area contributed by atoms with E-state index in [0.29, 0.717) is 5.76 Å². The highest BCUT2D eigenvalue weighted by atomic mass is 16.3. The molecule has 0 saturated carbocycles. The van der Waals surface area contributed by atoms with Gasteiger partial charge in [-0.1, -0.05) is 30.3 Å². The molecule has 1 aliphatic carbocycles. The minimum absolute atomic E-state index is 0.219. The van der Waals surface area contributed by atoms with E-state index in [0.717, 1.165) is 17.9 Å². The summed E-state index contributed by atoms with van der Waals surface area (Å²) in [5, 5.41) is 2.90. The quantitative estimate of drug-likeness (QED) is 0.594. The molecule has 1 aromatic heterocycles. The van der Waals surface area contributed by atoms with E-state index < -0.39 is 0 Å². The van der Waals surface area contributed by atoms with E-state index >= 15 is 0 Å². The van der Waals surface area contributed by atoms with Gasteiger partial charge in [-0.3, -0.25) is 4.79 Å². The normalized spacial score (nSPS) is 11.9.